The molecule has 1 aromatic carbocycles. The Morgan fingerprint density at radius 2 is 1.85 bits per heavy atom. The van der Waals surface area contributed by atoms with Crippen LogP contribution in [0.2, 0.25) is 0 Å². The summed E-state index contributed by atoms with van der Waals surface area (Å²) in [4.78, 5) is 35.7. The Hall–Kier alpha value is -2.91. The van der Waals surface area contributed by atoms with Gasteiger partial charge >= 0.3 is 19.6 Å². The van der Waals surface area contributed by atoms with Gasteiger partial charge in [0.2, 0.25) is 17.9 Å². The van der Waals surface area contributed by atoms with Gasteiger partial charge in [-0.2, -0.15) is 13.9 Å². The number of allylic oxidation sites excluding steroid dienone is 1. The topological polar surface area (TPSA) is 141 Å². The maximum Gasteiger partial charge on any atom is 0.459 e. The van der Waals surface area contributed by atoms with E-state index in [1.54, 1.807) is 6.07 Å². The molecule has 0 aliphatic carbocycles. The summed E-state index contributed by atoms with van der Waals surface area (Å²) in [5, 5.41) is 12.5. The average molecular weight is 600 g/mol. The first-order valence-corrected chi connectivity index (χ1v) is 13.3. The molecule has 0 spiro atoms. The van der Waals surface area contributed by atoms with E-state index in [1.165, 1.54) is 45.0 Å². The zero-order valence-corrected chi connectivity index (χ0v) is 22.2. The summed E-state index contributed by atoms with van der Waals surface area (Å²) in [5.74, 6) is -10.1. The number of nitrogens with one attached hydrogen (secondary N) is 1. The second-order valence-corrected chi connectivity index (χ2v) is 10.9. The monoisotopic (exact) mass is 600 g/mol. The largest absolute Gasteiger partial charge is 0.462 e. The smallest absolute Gasteiger partial charge is 0.459 e. The maximum absolute atomic E-state index is 15.1. The highest BCUT2D eigenvalue weighted by Gasteiger charge is 2.72. The minimum Gasteiger partial charge on any atom is -0.462 e. The van der Waals surface area contributed by atoms with Crippen LogP contribution in [-0.4, -0.2) is 76.7 Å². The Morgan fingerprint density at radius 1 is 1.23 bits per heavy atom. The van der Waals surface area contributed by atoms with Crippen LogP contribution in [0.25, 0.3) is 0 Å². The molecule has 0 saturated carbocycles. The van der Waals surface area contributed by atoms with E-state index in [0.29, 0.717) is 0 Å². The summed E-state index contributed by atoms with van der Waals surface area (Å²) in [7, 11) is -4.90. The first-order chi connectivity index (χ1) is 18.5. The molecule has 0 bridgehead atoms. The molecule has 1 fully saturated rings. The number of amides is 1. The van der Waals surface area contributed by atoms with E-state index in [4.69, 9.17) is 18.5 Å². The quantitative estimate of drug-likeness (QED) is 0.169. The van der Waals surface area contributed by atoms with Gasteiger partial charge in [0.05, 0.1) is 19.1 Å². The molecule has 1 aromatic rings. The van der Waals surface area contributed by atoms with Gasteiger partial charge in [-0.25, -0.2) is 17.7 Å². The number of aliphatic hydroxyl groups is 1. The highest BCUT2D eigenvalue weighted by molar-refractivity contribution is 7.52. The van der Waals surface area contributed by atoms with Crippen LogP contribution in [0.1, 0.15) is 27.2 Å². The zero-order chi connectivity index (χ0) is 30.0. The van der Waals surface area contributed by atoms with Crippen molar-refractivity contribution in [2.75, 3.05) is 6.61 Å². The number of hydrogen-bond acceptors (Lipinski definition) is 9. The molecule has 222 valence electrons. The van der Waals surface area contributed by atoms with E-state index in [9.17, 15) is 37.2 Å². The molecule has 2 N–H and O–H groups in total. The third kappa shape index (κ3) is 6.52. The molecule has 0 radical (unpaired) electrons. The van der Waals surface area contributed by atoms with Crippen LogP contribution in [-0.2, 0) is 32.9 Å². The summed E-state index contributed by atoms with van der Waals surface area (Å²) in [6.45, 7) is 2.49. The van der Waals surface area contributed by atoms with Crippen LogP contribution in [0, 0.1) is 0 Å². The molecule has 2 aliphatic heterocycles. The molecule has 40 heavy (non-hydrogen) atoms. The fourth-order valence-electron chi connectivity index (χ4n) is 3.70. The molecule has 1 saturated heterocycles. The molecule has 1 amide bonds. The Kier molecular flexibility index (Phi) is 9.41. The fourth-order valence-corrected chi connectivity index (χ4v) is 5.23. The minimum absolute atomic E-state index is 0.0504. The van der Waals surface area contributed by atoms with Gasteiger partial charge in [-0.3, -0.25) is 23.8 Å². The average Bonchev–Trinajstić information content (AvgIpc) is 3.06. The van der Waals surface area contributed by atoms with Crippen LogP contribution in [0.15, 0.2) is 42.4 Å². The number of ketones is 1. The van der Waals surface area contributed by atoms with Gasteiger partial charge in [-0.05, 0) is 32.9 Å². The van der Waals surface area contributed by atoms with Crippen molar-refractivity contribution in [2.45, 2.75) is 69.6 Å². The number of halogens is 5. The Balaban J connectivity index is 1.93. The summed E-state index contributed by atoms with van der Waals surface area (Å²) in [5.41, 5.74) is -3.64. The summed E-state index contributed by atoms with van der Waals surface area (Å²) < 4.78 is 106. The lowest BCUT2D eigenvalue weighted by Gasteiger charge is -2.33. The van der Waals surface area contributed by atoms with Crippen LogP contribution >= 0.6 is 7.75 Å². The Bertz CT molecular complexity index is 1200. The number of hydrogen-bond donors (Lipinski definition) is 2. The molecular weight excluding hydrogens is 574 g/mol. The number of aliphatic hydroxyl groups excluding tert-OH is 1. The highest BCUT2D eigenvalue weighted by atomic mass is 31.2. The molecular formula is C23H26F5N2O9P. The van der Waals surface area contributed by atoms with Gasteiger partial charge in [-0.15, -0.1) is 0 Å². The number of carbonyl (C=O) groups is 3. The SMILES string of the molecule is CC(C)OC(=O)[C@H](C)NP(=O)(OC[C@@]1(C(F)F)O[C@@H](N2C=C(F)C(=O)CC2=O)C(F)(F)[C@@H]1O)Oc1ccccc1. The molecule has 2 aliphatic rings. The van der Waals surface area contributed by atoms with Gasteiger partial charge in [-0.1, -0.05) is 18.2 Å². The van der Waals surface area contributed by atoms with Crippen molar-refractivity contribution in [3.8, 4) is 5.75 Å². The molecule has 17 heteroatoms. The Morgan fingerprint density at radius 3 is 2.42 bits per heavy atom. The molecule has 11 nitrogen and oxygen atoms in total. The number of nitrogens with zero attached hydrogens (tertiary/aromatic N) is 1. The standard InChI is InChI=1S/C23H26F5N2O9P/c1-12(2)37-18(33)13(3)29-40(35,39-14-7-5-4-6-8-14)36-11-22(20(25)26)19(34)23(27,28)21(38-22)30-10-15(24)16(31)9-17(30)32/h4-8,10,12-13,19-21,34H,9,11H2,1-3H3,(H,29,35)/t13-,19+,21+,22+,40?/m0/s1. The normalized spacial score (nSPS) is 27.0. The van der Waals surface area contributed by atoms with Gasteiger partial charge in [0.15, 0.2) is 17.5 Å². The number of esters is 1. The number of carbonyl (C=O) groups excluding carboxylic acids is 3. The lowest BCUT2D eigenvalue weighted by molar-refractivity contribution is -0.201. The summed E-state index contributed by atoms with van der Waals surface area (Å²) >= 11 is 0. The molecule has 5 atom stereocenters. The minimum atomic E-state index is -4.90. The van der Waals surface area contributed by atoms with E-state index in [2.05, 4.69) is 5.09 Å². The van der Waals surface area contributed by atoms with Crippen molar-refractivity contribution in [2.24, 2.45) is 0 Å². The first kappa shape index (κ1) is 31.6. The molecule has 3 rings (SSSR count). The highest BCUT2D eigenvalue weighted by Crippen LogP contribution is 2.51. The zero-order valence-electron chi connectivity index (χ0n) is 21.3. The van der Waals surface area contributed by atoms with E-state index in [0.717, 1.165) is 0 Å². The van der Waals surface area contributed by atoms with E-state index in [-0.39, 0.29) is 16.8 Å². The van der Waals surface area contributed by atoms with Gasteiger partial charge in [0.25, 0.3) is 6.43 Å². The number of benzene rings is 1. The summed E-state index contributed by atoms with van der Waals surface area (Å²) in [6, 6.07) is 5.58. The predicted octanol–water partition coefficient (Wildman–Crippen LogP) is 3.09. The number of rotatable bonds is 11. The Labute approximate surface area is 224 Å². The van der Waals surface area contributed by atoms with Crippen molar-refractivity contribution in [1.82, 2.24) is 9.99 Å². The van der Waals surface area contributed by atoms with Gasteiger partial charge < -0.3 is 19.1 Å². The lowest BCUT2D eigenvalue weighted by Crippen LogP contribution is -2.55. The van der Waals surface area contributed by atoms with Crippen LogP contribution in [0.3, 0.4) is 0 Å². The van der Waals surface area contributed by atoms with Gasteiger partial charge in [0.1, 0.15) is 11.8 Å². The van der Waals surface area contributed by atoms with Crippen LogP contribution in [0.4, 0.5) is 22.0 Å². The first-order valence-electron chi connectivity index (χ1n) is 11.7. The number of para-hydroxylation sites is 1. The van der Waals surface area contributed by atoms with Crippen molar-refractivity contribution < 1.29 is 64.5 Å². The van der Waals surface area contributed by atoms with Crippen LogP contribution < -0.4 is 9.61 Å². The number of Topliss-reactive ketones (excluding diaryl/α,β-unsaturated/α-hetero) is 1. The van der Waals surface area contributed by atoms with Crippen LogP contribution in [0.5, 0.6) is 5.75 Å². The van der Waals surface area contributed by atoms with E-state index >= 15 is 8.78 Å². The third-order valence-electron chi connectivity index (χ3n) is 5.71. The molecule has 0 aromatic heterocycles. The third-order valence-corrected chi connectivity index (χ3v) is 7.34. The maximum atomic E-state index is 15.1. The van der Waals surface area contributed by atoms with Crippen molar-refractivity contribution in [3.63, 3.8) is 0 Å². The number of ether oxygens (including phenoxy) is 2. The second kappa shape index (κ2) is 11.9. The molecule has 1 unspecified atom stereocenters. The summed E-state index contributed by atoms with van der Waals surface area (Å²) in [6.07, 6.45) is -12.1. The molecule has 2 heterocycles. The van der Waals surface area contributed by atoms with E-state index in [1.807, 2.05) is 0 Å². The van der Waals surface area contributed by atoms with Gasteiger partial charge in [0, 0.05) is 6.20 Å². The van der Waals surface area contributed by atoms with Crippen molar-refractivity contribution in [3.05, 3.63) is 42.4 Å². The predicted molar refractivity (Wildman–Crippen MR) is 125 cm³/mol. The second-order valence-electron chi connectivity index (χ2n) is 9.19. The van der Waals surface area contributed by atoms with Crippen molar-refractivity contribution >= 4 is 25.4 Å². The number of alkyl halides is 4. The van der Waals surface area contributed by atoms with E-state index < -0.39 is 86.7 Å². The van der Waals surface area contributed by atoms with Crippen molar-refractivity contribution in [1.29, 1.82) is 0 Å². The fraction of sp³-hybridized carbons (Fsp3) is 0.522. The lowest BCUT2D eigenvalue weighted by atomic mass is 9.95.